The number of anilines is 1. The molecule has 3 aromatic heterocycles. The molecule has 0 aliphatic carbocycles. The first kappa shape index (κ1) is 15.3. The van der Waals surface area contributed by atoms with Crippen LogP contribution < -0.4 is 5.32 Å². The van der Waals surface area contributed by atoms with Gasteiger partial charge in [-0.15, -0.1) is 0 Å². The van der Waals surface area contributed by atoms with Crippen molar-refractivity contribution in [2.45, 2.75) is 0 Å². The van der Waals surface area contributed by atoms with Crippen LogP contribution in [0.3, 0.4) is 0 Å². The van der Waals surface area contributed by atoms with Crippen LogP contribution in [0.15, 0.2) is 65.5 Å². The highest BCUT2D eigenvalue weighted by Gasteiger charge is 2.13. The number of fused-ring (bicyclic) bond motifs is 1. The molecule has 25 heavy (non-hydrogen) atoms. The first-order chi connectivity index (χ1) is 12.2. The van der Waals surface area contributed by atoms with Gasteiger partial charge in [0.05, 0.1) is 16.3 Å². The van der Waals surface area contributed by atoms with Crippen molar-refractivity contribution in [2.24, 2.45) is 0 Å². The van der Waals surface area contributed by atoms with Crippen LogP contribution >= 0.6 is 11.6 Å². The lowest BCUT2D eigenvalue weighted by Gasteiger charge is -2.08. The largest absolute Gasteiger partial charge is 0.434 e. The summed E-state index contributed by atoms with van der Waals surface area (Å²) in [6.45, 7) is 0. The molecule has 0 aliphatic rings. The van der Waals surface area contributed by atoms with Gasteiger partial charge in [0.2, 0.25) is 5.89 Å². The Morgan fingerprint density at radius 3 is 2.80 bits per heavy atom. The number of halogens is 1. The molecule has 7 heteroatoms. The molecule has 0 bridgehead atoms. The number of benzene rings is 1. The third-order valence-corrected chi connectivity index (χ3v) is 3.88. The van der Waals surface area contributed by atoms with E-state index in [1.165, 1.54) is 6.20 Å². The maximum absolute atomic E-state index is 12.3. The van der Waals surface area contributed by atoms with Crippen molar-refractivity contribution in [3.05, 3.63) is 71.6 Å². The molecule has 0 spiro atoms. The fourth-order valence-electron chi connectivity index (χ4n) is 2.34. The van der Waals surface area contributed by atoms with Crippen molar-refractivity contribution in [1.29, 1.82) is 0 Å². The van der Waals surface area contributed by atoms with E-state index in [0.29, 0.717) is 39.0 Å². The van der Waals surface area contributed by atoms with Crippen molar-refractivity contribution in [2.75, 3.05) is 5.32 Å². The molecule has 0 atom stereocenters. The molecule has 0 fully saturated rings. The van der Waals surface area contributed by atoms with Crippen molar-refractivity contribution in [3.63, 3.8) is 0 Å². The number of carbonyl (C=O) groups is 1. The smallest absolute Gasteiger partial charge is 0.257 e. The average Bonchev–Trinajstić information content (AvgIpc) is 3.08. The Bertz CT molecular complexity index is 1030. The van der Waals surface area contributed by atoms with Crippen molar-refractivity contribution < 1.29 is 9.21 Å². The number of hydrogen-bond acceptors (Lipinski definition) is 5. The molecule has 122 valence electrons. The molecular weight excluding hydrogens is 340 g/mol. The minimum Gasteiger partial charge on any atom is -0.434 e. The van der Waals surface area contributed by atoms with Gasteiger partial charge in [-0.1, -0.05) is 11.6 Å². The Labute approximate surface area is 147 Å². The number of aromatic nitrogens is 3. The minimum absolute atomic E-state index is 0.300. The normalized spacial score (nSPS) is 10.8. The molecule has 0 radical (unpaired) electrons. The molecule has 0 aliphatic heterocycles. The van der Waals surface area contributed by atoms with Crippen LogP contribution in [0, 0.1) is 0 Å². The highest BCUT2D eigenvalue weighted by Crippen LogP contribution is 2.30. The Morgan fingerprint density at radius 2 is 2.00 bits per heavy atom. The SMILES string of the molecule is O=C(Nc1cc(-c2nc3ncccc3o2)ccc1Cl)c1cccnc1. The maximum Gasteiger partial charge on any atom is 0.257 e. The van der Waals surface area contributed by atoms with Crippen LogP contribution in [0.1, 0.15) is 10.4 Å². The number of nitrogens with one attached hydrogen (secondary N) is 1. The van der Waals surface area contributed by atoms with Crippen LogP contribution in [0.25, 0.3) is 22.7 Å². The Kier molecular flexibility index (Phi) is 3.87. The van der Waals surface area contributed by atoms with Gasteiger partial charge in [-0.05, 0) is 42.5 Å². The highest BCUT2D eigenvalue weighted by atomic mass is 35.5. The topological polar surface area (TPSA) is 80.9 Å². The number of hydrogen-bond donors (Lipinski definition) is 1. The van der Waals surface area contributed by atoms with Crippen LogP contribution in [-0.2, 0) is 0 Å². The van der Waals surface area contributed by atoms with E-state index in [0.717, 1.165) is 0 Å². The van der Waals surface area contributed by atoms with E-state index in [-0.39, 0.29) is 5.91 Å². The third kappa shape index (κ3) is 3.07. The van der Waals surface area contributed by atoms with E-state index in [4.69, 9.17) is 16.0 Å². The summed E-state index contributed by atoms with van der Waals surface area (Å²) in [7, 11) is 0. The Morgan fingerprint density at radius 1 is 1.12 bits per heavy atom. The number of rotatable bonds is 3. The molecule has 4 aromatic rings. The van der Waals surface area contributed by atoms with E-state index in [2.05, 4.69) is 20.3 Å². The fourth-order valence-corrected chi connectivity index (χ4v) is 2.50. The van der Waals surface area contributed by atoms with Gasteiger partial charge in [0.1, 0.15) is 0 Å². The summed E-state index contributed by atoms with van der Waals surface area (Å²) in [5.74, 6) is 0.105. The first-order valence-electron chi connectivity index (χ1n) is 7.43. The predicted molar refractivity (Wildman–Crippen MR) is 94.4 cm³/mol. The quantitative estimate of drug-likeness (QED) is 0.599. The molecule has 1 amide bonds. The van der Waals surface area contributed by atoms with Gasteiger partial charge in [-0.25, -0.2) is 4.98 Å². The van der Waals surface area contributed by atoms with Crippen LogP contribution in [0.4, 0.5) is 5.69 Å². The zero-order valence-corrected chi connectivity index (χ0v) is 13.6. The summed E-state index contributed by atoms with van der Waals surface area (Å²) in [5.41, 5.74) is 2.70. The summed E-state index contributed by atoms with van der Waals surface area (Å²) >= 11 is 6.20. The monoisotopic (exact) mass is 350 g/mol. The summed E-state index contributed by atoms with van der Waals surface area (Å²) in [5, 5.41) is 3.19. The molecule has 0 saturated heterocycles. The zero-order valence-electron chi connectivity index (χ0n) is 12.8. The molecular formula is C18H11ClN4O2. The van der Waals surface area contributed by atoms with E-state index >= 15 is 0 Å². The van der Waals surface area contributed by atoms with Crippen LogP contribution in [0.5, 0.6) is 0 Å². The van der Waals surface area contributed by atoms with Gasteiger partial charge in [0.25, 0.3) is 5.91 Å². The van der Waals surface area contributed by atoms with Crippen LogP contribution in [0.2, 0.25) is 5.02 Å². The number of amides is 1. The lowest BCUT2D eigenvalue weighted by molar-refractivity contribution is 0.102. The van der Waals surface area contributed by atoms with Gasteiger partial charge in [0.15, 0.2) is 11.2 Å². The zero-order chi connectivity index (χ0) is 17.2. The van der Waals surface area contributed by atoms with Gasteiger partial charge in [-0.3, -0.25) is 9.78 Å². The Balaban J connectivity index is 1.67. The lowest BCUT2D eigenvalue weighted by Crippen LogP contribution is -2.12. The Hall–Kier alpha value is -3.25. The number of carbonyl (C=O) groups excluding carboxylic acids is 1. The number of nitrogens with zero attached hydrogens (tertiary/aromatic N) is 3. The summed E-state index contributed by atoms with van der Waals surface area (Å²) in [4.78, 5) is 24.7. The second-order valence-electron chi connectivity index (χ2n) is 5.23. The summed E-state index contributed by atoms with van der Waals surface area (Å²) in [6, 6.07) is 12.1. The first-order valence-corrected chi connectivity index (χ1v) is 7.81. The van der Waals surface area contributed by atoms with Crippen LogP contribution in [-0.4, -0.2) is 20.9 Å². The molecule has 4 rings (SSSR count). The predicted octanol–water partition coefficient (Wildman–Crippen LogP) is 4.19. The molecule has 0 saturated carbocycles. The molecule has 1 aromatic carbocycles. The second kappa shape index (κ2) is 6.33. The summed E-state index contributed by atoms with van der Waals surface area (Å²) < 4.78 is 5.70. The molecule has 0 unspecified atom stereocenters. The van der Waals surface area contributed by atoms with E-state index in [1.807, 2.05) is 0 Å². The van der Waals surface area contributed by atoms with E-state index in [1.54, 1.807) is 54.9 Å². The van der Waals surface area contributed by atoms with Crippen molar-refractivity contribution in [3.8, 4) is 11.5 Å². The second-order valence-corrected chi connectivity index (χ2v) is 5.64. The number of pyridine rings is 2. The third-order valence-electron chi connectivity index (χ3n) is 3.55. The van der Waals surface area contributed by atoms with Crippen molar-refractivity contribution >= 4 is 34.4 Å². The molecule has 6 nitrogen and oxygen atoms in total. The van der Waals surface area contributed by atoms with Gasteiger partial charge < -0.3 is 9.73 Å². The average molecular weight is 351 g/mol. The maximum atomic E-state index is 12.3. The standard InChI is InChI=1S/C18H11ClN4O2/c19-13-6-5-11(18-23-16-15(25-18)4-2-8-21-16)9-14(13)22-17(24)12-3-1-7-20-10-12/h1-10H,(H,22,24). The lowest BCUT2D eigenvalue weighted by atomic mass is 10.2. The van der Waals surface area contributed by atoms with Crippen molar-refractivity contribution in [1.82, 2.24) is 15.0 Å². The summed E-state index contributed by atoms with van der Waals surface area (Å²) in [6.07, 6.45) is 4.74. The highest BCUT2D eigenvalue weighted by molar-refractivity contribution is 6.34. The fraction of sp³-hybridized carbons (Fsp3) is 0. The molecule has 3 heterocycles. The van der Waals surface area contributed by atoms with E-state index < -0.39 is 0 Å². The van der Waals surface area contributed by atoms with Gasteiger partial charge in [-0.2, -0.15) is 4.98 Å². The van der Waals surface area contributed by atoms with E-state index in [9.17, 15) is 4.79 Å². The van der Waals surface area contributed by atoms with Gasteiger partial charge in [0, 0.05) is 24.2 Å². The van der Waals surface area contributed by atoms with Gasteiger partial charge >= 0.3 is 0 Å². The molecule has 1 N–H and O–H groups in total. The minimum atomic E-state index is -0.300. The number of oxazole rings is 1.